The van der Waals surface area contributed by atoms with Gasteiger partial charge in [-0.15, -0.1) is 0 Å². The van der Waals surface area contributed by atoms with E-state index in [1.807, 2.05) is 25.1 Å². The Morgan fingerprint density at radius 3 is 2.78 bits per heavy atom. The van der Waals surface area contributed by atoms with Crippen LogP contribution in [0.2, 0.25) is 0 Å². The molecule has 1 aliphatic heterocycles. The van der Waals surface area contributed by atoms with Crippen LogP contribution < -0.4 is 10.2 Å². The van der Waals surface area contributed by atoms with Gasteiger partial charge in [-0.3, -0.25) is 14.3 Å². The van der Waals surface area contributed by atoms with E-state index in [9.17, 15) is 18.0 Å². The Kier molecular flexibility index (Phi) is 5.31. The molecule has 8 nitrogen and oxygen atoms in total. The molecule has 1 aromatic carbocycles. The largest absolute Gasteiger partial charge is 0.316 e. The van der Waals surface area contributed by atoms with Crippen LogP contribution in [-0.4, -0.2) is 48.6 Å². The van der Waals surface area contributed by atoms with E-state index in [1.165, 1.54) is 15.6 Å². The van der Waals surface area contributed by atoms with E-state index in [4.69, 9.17) is 0 Å². The first kappa shape index (κ1) is 19.1. The Balaban J connectivity index is 1.68. The predicted molar refractivity (Wildman–Crippen MR) is 102 cm³/mol. The fourth-order valence-corrected chi connectivity index (χ4v) is 3.52. The first-order valence-corrected chi connectivity index (χ1v) is 10.7. The van der Waals surface area contributed by atoms with E-state index >= 15 is 0 Å². The molecule has 0 fully saturated rings. The summed E-state index contributed by atoms with van der Waals surface area (Å²) in [7, 11) is -3.10. The zero-order valence-electron chi connectivity index (χ0n) is 15.3. The van der Waals surface area contributed by atoms with Crippen LogP contribution >= 0.6 is 0 Å². The van der Waals surface area contributed by atoms with Gasteiger partial charge < -0.3 is 10.2 Å². The summed E-state index contributed by atoms with van der Waals surface area (Å²) in [6.07, 6.45) is 4.39. The second kappa shape index (κ2) is 7.51. The van der Waals surface area contributed by atoms with Gasteiger partial charge in [0.2, 0.25) is 0 Å². The fourth-order valence-electron chi connectivity index (χ4n) is 3.00. The van der Waals surface area contributed by atoms with Gasteiger partial charge in [-0.05, 0) is 37.0 Å². The standard InChI is InChI=1S/C18H22N4O4S/c1-13-5-6-14-4-3-8-22(15(14)12-13)18(24)17(23)19-16-7-9-21(20-16)10-11-27(2,25)26/h5-7,9,12H,3-4,8,10-11H2,1-2H3,(H,19,20,23). The molecule has 0 saturated carbocycles. The highest BCUT2D eigenvalue weighted by molar-refractivity contribution is 7.90. The Morgan fingerprint density at radius 1 is 1.26 bits per heavy atom. The minimum Gasteiger partial charge on any atom is -0.304 e. The van der Waals surface area contributed by atoms with Gasteiger partial charge in [-0.2, -0.15) is 5.10 Å². The lowest BCUT2D eigenvalue weighted by Crippen LogP contribution is -2.42. The molecule has 0 spiro atoms. The lowest BCUT2D eigenvalue weighted by molar-refractivity contribution is -0.134. The van der Waals surface area contributed by atoms with E-state index in [0.717, 1.165) is 35.9 Å². The van der Waals surface area contributed by atoms with Crippen LogP contribution in [0.1, 0.15) is 17.5 Å². The lowest BCUT2D eigenvalue weighted by Gasteiger charge is -2.29. The fraction of sp³-hybridized carbons (Fsp3) is 0.389. The van der Waals surface area contributed by atoms with E-state index in [1.54, 1.807) is 6.20 Å². The molecule has 27 heavy (non-hydrogen) atoms. The van der Waals surface area contributed by atoms with Crippen LogP contribution in [0.15, 0.2) is 30.5 Å². The summed E-state index contributed by atoms with van der Waals surface area (Å²) in [6.45, 7) is 2.62. The Bertz CT molecular complexity index is 981. The number of benzene rings is 1. The van der Waals surface area contributed by atoms with Gasteiger partial charge in [0.25, 0.3) is 0 Å². The highest BCUT2D eigenvalue weighted by Crippen LogP contribution is 2.28. The van der Waals surface area contributed by atoms with Crippen molar-refractivity contribution in [3.05, 3.63) is 41.6 Å². The molecule has 0 radical (unpaired) electrons. The van der Waals surface area contributed by atoms with Crippen molar-refractivity contribution in [1.82, 2.24) is 9.78 Å². The molecule has 0 unspecified atom stereocenters. The van der Waals surface area contributed by atoms with Crippen molar-refractivity contribution >= 4 is 33.2 Å². The van der Waals surface area contributed by atoms with Crippen LogP contribution in [0, 0.1) is 6.92 Å². The van der Waals surface area contributed by atoms with Crippen molar-refractivity contribution in [2.24, 2.45) is 0 Å². The van der Waals surface area contributed by atoms with Crippen molar-refractivity contribution in [3.63, 3.8) is 0 Å². The number of sulfone groups is 1. The predicted octanol–water partition coefficient (Wildman–Crippen LogP) is 1.15. The number of nitrogens with zero attached hydrogens (tertiary/aromatic N) is 3. The molecule has 9 heteroatoms. The van der Waals surface area contributed by atoms with Crippen LogP contribution in [0.3, 0.4) is 0 Å². The number of carbonyl (C=O) groups is 2. The molecule has 2 amide bonds. The molecule has 0 saturated heterocycles. The minimum atomic E-state index is -3.10. The van der Waals surface area contributed by atoms with Gasteiger partial charge >= 0.3 is 11.8 Å². The van der Waals surface area contributed by atoms with Crippen molar-refractivity contribution in [3.8, 4) is 0 Å². The number of amides is 2. The minimum absolute atomic E-state index is 0.0507. The number of rotatable bonds is 4. The monoisotopic (exact) mass is 390 g/mol. The lowest BCUT2D eigenvalue weighted by atomic mass is 10.00. The summed E-state index contributed by atoms with van der Waals surface area (Å²) >= 11 is 0. The van der Waals surface area contributed by atoms with Gasteiger partial charge in [0.05, 0.1) is 12.3 Å². The van der Waals surface area contributed by atoms with Gasteiger partial charge in [-0.25, -0.2) is 8.42 Å². The molecule has 1 aliphatic rings. The highest BCUT2D eigenvalue weighted by Gasteiger charge is 2.28. The molecular weight excluding hydrogens is 368 g/mol. The van der Waals surface area contributed by atoms with Crippen molar-refractivity contribution in [2.75, 3.05) is 28.8 Å². The van der Waals surface area contributed by atoms with Gasteiger partial charge in [0, 0.05) is 30.8 Å². The first-order valence-electron chi connectivity index (χ1n) is 8.66. The summed E-state index contributed by atoms with van der Waals surface area (Å²) in [5.74, 6) is -1.24. The average Bonchev–Trinajstić information content (AvgIpc) is 3.05. The van der Waals surface area contributed by atoms with Crippen LogP contribution in [0.4, 0.5) is 11.5 Å². The zero-order valence-corrected chi connectivity index (χ0v) is 16.1. The first-order chi connectivity index (χ1) is 12.7. The summed E-state index contributed by atoms with van der Waals surface area (Å²) in [6, 6.07) is 7.43. The zero-order chi connectivity index (χ0) is 19.6. The van der Waals surface area contributed by atoms with Gasteiger partial charge in [0.1, 0.15) is 9.84 Å². The van der Waals surface area contributed by atoms with Crippen molar-refractivity contribution in [2.45, 2.75) is 26.3 Å². The Labute approximate surface area is 158 Å². The summed E-state index contributed by atoms with van der Waals surface area (Å²) in [5.41, 5.74) is 2.86. The normalized spacial score (nSPS) is 13.9. The third-order valence-electron chi connectivity index (χ3n) is 4.37. The number of fused-ring (bicyclic) bond motifs is 1. The molecule has 2 heterocycles. The van der Waals surface area contributed by atoms with Crippen molar-refractivity contribution in [1.29, 1.82) is 0 Å². The SMILES string of the molecule is Cc1ccc2c(c1)N(C(=O)C(=O)Nc1ccn(CCS(C)(=O)=O)n1)CCC2. The Morgan fingerprint density at radius 2 is 2.04 bits per heavy atom. The number of hydrogen-bond donors (Lipinski definition) is 1. The smallest absolute Gasteiger partial charge is 0.304 e. The van der Waals surface area contributed by atoms with Gasteiger partial charge in [-0.1, -0.05) is 12.1 Å². The maximum absolute atomic E-state index is 12.6. The molecule has 1 aromatic heterocycles. The molecule has 3 rings (SSSR count). The van der Waals surface area contributed by atoms with E-state index in [2.05, 4.69) is 10.4 Å². The number of nitrogens with one attached hydrogen (secondary N) is 1. The third-order valence-corrected chi connectivity index (χ3v) is 5.30. The van der Waals surface area contributed by atoms with E-state index in [0.29, 0.717) is 6.54 Å². The average molecular weight is 390 g/mol. The quantitative estimate of drug-likeness (QED) is 0.790. The molecule has 2 aromatic rings. The van der Waals surface area contributed by atoms with E-state index in [-0.39, 0.29) is 18.1 Å². The van der Waals surface area contributed by atoms with Crippen LogP contribution in [0.5, 0.6) is 0 Å². The van der Waals surface area contributed by atoms with Crippen molar-refractivity contribution < 1.29 is 18.0 Å². The number of aryl methyl sites for hydroxylation is 3. The third kappa shape index (κ3) is 4.73. The van der Waals surface area contributed by atoms with E-state index < -0.39 is 21.7 Å². The number of hydrogen-bond acceptors (Lipinski definition) is 5. The molecule has 144 valence electrons. The van der Waals surface area contributed by atoms with Crippen LogP contribution in [-0.2, 0) is 32.4 Å². The molecule has 0 atom stereocenters. The molecule has 0 aliphatic carbocycles. The molecule has 1 N–H and O–H groups in total. The molecule has 0 bridgehead atoms. The second-order valence-electron chi connectivity index (χ2n) is 6.74. The highest BCUT2D eigenvalue weighted by atomic mass is 32.2. The Hall–Kier alpha value is -2.68. The van der Waals surface area contributed by atoms with Crippen LogP contribution in [0.25, 0.3) is 0 Å². The topological polar surface area (TPSA) is 101 Å². The summed E-state index contributed by atoms with van der Waals surface area (Å²) in [5, 5.41) is 6.58. The number of anilines is 2. The maximum atomic E-state index is 12.6. The number of carbonyl (C=O) groups excluding carboxylic acids is 2. The second-order valence-corrected chi connectivity index (χ2v) is 9.00. The summed E-state index contributed by atoms with van der Waals surface area (Å²) < 4.78 is 23.9. The maximum Gasteiger partial charge on any atom is 0.316 e. The summed E-state index contributed by atoms with van der Waals surface area (Å²) in [4.78, 5) is 26.5. The number of aromatic nitrogens is 2. The van der Waals surface area contributed by atoms with Gasteiger partial charge in [0.15, 0.2) is 5.82 Å². The molecular formula is C18H22N4O4S.